The van der Waals surface area contributed by atoms with E-state index in [1.54, 1.807) is 12.3 Å². The predicted molar refractivity (Wildman–Crippen MR) is 73.1 cm³/mol. The number of nitrogen functional groups attached to an aromatic ring is 1. The summed E-state index contributed by atoms with van der Waals surface area (Å²) < 4.78 is 7.28. The molecule has 1 heterocycles. The number of halogens is 2. The molecule has 88 valence electrons. The van der Waals surface area contributed by atoms with Crippen LogP contribution in [0.1, 0.15) is 5.56 Å². The molecular formula is C11H9Br2N3O. The Balaban J connectivity index is 2.40. The third kappa shape index (κ3) is 2.76. The molecule has 0 saturated heterocycles. The van der Waals surface area contributed by atoms with Gasteiger partial charge in [-0.2, -0.15) is 0 Å². The van der Waals surface area contributed by atoms with E-state index in [-0.39, 0.29) is 0 Å². The zero-order valence-corrected chi connectivity index (χ0v) is 12.1. The van der Waals surface area contributed by atoms with Crippen molar-refractivity contribution in [3.63, 3.8) is 0 Å². The quantitative estimate of drug-likeness (QED) is 0.831. The van der Waals surface area contributed by atoms with E-state index in [4.69, 9.17) is 10.5 Å². The van der Waals surface area contributed by atoms with Crippen molar-refractivity contribution in [1.29, 1.82) is 0 Å². The van der Waals surface area contributed by atoms with Crippen LogP contribution in [0.25, 0.3) is 0 Å². The maximum Gasteiger partial charge on any atom is 0.236 e. The minimum Gasteiger partial charge on any atom is -0.435 e. The predicted octanol–water partition coefficient (Wildman–Crippen LogP) is 3.68. The van der Waals surface area contributed by atoms with Gasteiger partial charge < -0.3 is 10.5 Å². The first kappa shape index (κ1) is 12.3. The van der Waals surface area contributed by atoms with Gasteiger partial charge in [-0.1, -0.05) is 15.9 Å². The second-order valence-corrected chi connectivity index (χ2v) is 5.19. The number of nitrogens with two attached hydrogens (primary N) is 1. The second-order valence-electron chi connectivity index (χ2n) is 3.42. The lowest BCUT2D eigenvalue weighted by Crippen LogP contribution is -1.97. The molecule has 0 amide bonds. The Hall–Kier alpha value is -1.14. The molecular weight excluding hydrogens is 350 g/mol. The summed E-state index contributed by atoms with van der Waals surface area (Å²) in [5, 5.41) is 0. The van der Waals surface area contributed by atoms with Gasteiger partial charge in [-0.25, -0.2) is 9.97 Å². The Labute approximate surface area is 115 Å². The molecule has 2 aromatic rings. The molecule has 0 aliphatic carbocycles. The number of benzene rings is 1. The molecule has 0 radical (unpaired) electrons. The van der Waals surface area contributed by atoms with E-state index >= 15 is 0 Å². The number of hydrogen-bond donors (Lipinski definition) is 1. The summed E-state index contributed by atoms with van der Waals surface area (Å²) in [6, 6.07) is 3.72. The van der Waals surface area contributed by atoms with Gasteiger partial charge >= 0.3 is 0 Å². The van der Waals surface area contributed by atoms with E-state index in [0.717, 1.165) is 10.0 Å². The van der Waals surface area contributed by atoms with Gasteiger partial charge in [0.1, 0.15) is 6.33 Å². The van der Waals surface area contributed by atoms with E-state index in [1.807, 2.05) is 13.0 Å². The van der Waals surface area contributed by atoms with Crippen LogP contribution in [0.3, 0.4) is 0 Å². The molecule has 4 nitrogen and oxygen atoms in total. The molecule has 1 aromatic heterocycles. The fourth-order valence-electron chi connectivity index (χ4n) is 1.37. The third-order valence-electron chi connectivity index (χ3n) is 2.10. The molecule has 0 fully saturated rings. The number of ether oxygens (including phenoxy) is 1. The van der Waals surface area contributed by atoms with Crippen molar-refractivity contribution in [2.24, 2.45) is 0 Å². The van der Waals surface area contributed by atoms with Crippen molar-refractivity contribution in [1.82, 2.24) is 9.97 Å². The normalized spacial score (nSPS) is 10.3. The van der Waals surface area contributed by atoms with Crippen LogP contribution in [0.15, 0.2) is 33.6 Å². The Bertz CT molecular complexity index is 537. The summed E-state index contributed by atoms with van der Waals surface area (Å²) >= 11 is 6.69. The Morgan fingerprint density at radius 2 is 2.06 bits per heavy atom. The van der Waals surface area contributed by atoms with Crippen LogP contribution < -0.4 is 10.5 Å². The molecule has 6 heteroatoms. The van der Waals surface area contributed by atoms with Crippen LogP contribution in [0.4, 0.5) is 5.69 Å². The molecule has 2 rings (SSSR count). The third-order valence-corrected chi connectivity index (χ3v) is 3.10. The number of rotatable bonds is 2. The molecule has 0 unspecified atom stereocenters. The Kier molecular flexibility index (Phi) is 3.63. The largest absolute Gasteiger partial charge is 0.435 e. The molecule has 0 spiro atoms. The van der Waals surface area contributed by atoms with E-state index in [2.05, 4.69) is 41.8 Å². The van der Waals surface area contributed by atoms with Crippen LogP contribution in [-0.2, 0) is 0 Å². The number of nitrogens with zero attached hydrogens (tertiary/aromatic N) is 2. The van der Waals surface area contributed by atoms with E-state index in [9.17, 15) is 0 Å². The first-order valence-corrected chi connectivity index (χ1v) is 6.35. The Morgan fingerprint density at radius 1 is 1.29 bits per heavy atom. The van der Waals surface area contributed by atoms with Gasteiger partial charge in [0.2, 0.25) is 5.88 Å². The molecule has 0 aliphatic rings. The van der Waals surface area contributed by atoms with Crippen LogP contribution >= 0.6 is 31.9 Å². The van der Waals surface area contributed by atoms with Crippen molar-refractivity contribution in [2.45, 2.75) is 6.92 Å². The maximum atomic E-state index is 5.91. The summed E-state index contributed by atoms with van der Waals surface area (Å²) in [7, 11) is 0. The highest BCUT2D eigenvalue weighted by Crippen LogP contribution is 2.35. The van der Waals surface area contributed by atoms with Gasteiger partial charge in [0, 0.05) is 10.7 Å². The summed E-state index contributed by atoms with van der Waals surface area (Å²) in [6.45, 7) is 1.92. The van der Waals surface area contributed by atoms with Gasteiger partial charge in [-0.05, 0) is 40.5 Å². The number of anilines is 1. The standard InChI is InChI=1S/C11H9Br2N3O/c1-6-2-7(12)3-9(14)10(6)17-11-8(13)4-15-5-16-11/h2-5H,14H2,1H3. The molecule has 0 atom stereocenters. The number of aryl methyl sites for hydroxylation is 1. The first-order valence-electron chi connectivity index (χ1n) is 4.77. The smallest absolute Gasteiger partial charge is 0.236 e. The fourth-order valence-corrected chi connectivity index (χ4v) is 2.26. The van der Waals surface area contributed by atoms with Gasteiger partial charge in [0.25, 0.3) is 0 Å². The van der Waals surface area contributed by atoms with Gasteiger partial charge in [0.15, 0.2) is 5.75 Å². The van der Waals surface area contributed by atoms with Gasteiger partial charge in [-0.15, -0.1) is 0 Å². The van der Waals surface area contributed by atoms with Crippen molar-refractivity contribution < 1.29 is 4.74 Å². The van der Waals surface area contributed by atoms with Crippen molar-refractivity contribution in [2.75, 3.05) is 5.73 Å². The summed E-state index contributed by atoms with van der Waals surface area (Å²) in [6.07, 6.45) is 3.04. The molecule has 0 saturated carbocycles. The van der Waals surface area contributed by atoms with Crippen LogP contribution in [0, 0.1) is 6.92 Å². The molecule has 0 aliphatic heterocycles. The number of hydrogen-bond acceptors (Lipinski definition) is 4. The Morgan fingerprint density at radius 3 is 2.71 bits per heavy atom. The zero-order valence-electron chi connectivity index (χ0n) is 8.95. The van der Waals surface area contributed by atoms with Crippen LogP contribution in [0.2, 0.25) is 0 Å². The van der Waals surface area contributed by atoms with Crippen molar-refractivity contribution in [3.8, 4) is 11.6 Å². The van der Waals surface area contributed by atoms with Crippen molar-refractivity contribution >= 4 is 37.5 Å². The monoisotopic (exact) mass is 357 g/mol. The second kappa shape index (κ2) is 5.01. The SMILES string of the molecule is Cc1cc(Br)cc(N)c1Oc1ncncc1Br. The molecule has 0 bridgehead atoms. The summed E-state index contributed by atoms with van der Waals surface area (Å²) in [5.41, 5.74) is 7.40. The lowest BCUT2D eigenvalue weighted by Gasteiger charge is -2.11. The van der Waals surface area contributed by atoms with Crippen LogP contribution in [-0.4, -0.2) is 9.97 Å². The summed E-state index contributed by atoms with van der Waals surface area (Å²) in [5.74, 6) is 1.05. The highest BCUT2D eigenvalue weighted by Gasteiger charge is 2.10. The highest BCUT2D eigenvalue weighted by atomic mass is 79.9. The average Bonchev–Trinajstić information content (AvgIpc) is 2.25. The van der Waals surface area contributed by atoms with E-state index in [0.29, 0.717) is 21.8 Å². The fraction of sp³-hybridized carbons (Fsp3) is 0.0909. The first-order chi connectivity index (χ1) is 8.08. The highest BCUT2D eigenvalue weighted by molar-refractivity contribution is 9.10. The van der Waals surface area contributed by atoms with Crippen LogP contribution in [0.5, 0.6) is 11.6 Å². The van der Waals surface area contributed by atoms with E-state index < -0.39 is 0 Å². The molecule has 2 N–H and O–H groups in total. The summed E-state index contributed by atoms with van der Waals surface area (Å²) in [4.78, 5) is 7.90. The number of aromatic nitrogens is 2. The minimum atomic E-state index is 0.442. The maximum absolute atomic E-state index is 5.91. The minimum absolute atomic E-state index is 0.442. The molecule has 1 aromatic carbocycles. The van der Waals surface area contributed by atoms with Crippen molar-refractivity contribution in [3.05, 3.63) is 39.2 Å². The lowest BCUT2D eigenvalue weighted by atomic mass is 10.2. The molecule has 17 heavy (non-hydrogen) atoms. The lowest BCUT2D eigenvalue weighted by molar-refractivity contribution is 0.457. The van der Waals surface area contributed by atoms with E-state index in [1.165, 1.54) is 6.33 Å². The topological polar surface area (TPSA) is 61.0 Å². The zero-order chi connectivity index (χ0) is 12.4. The van der Waals surface area contributed by atoms with Gasteiger partial charge in [-0.3, -0.25) is 0 Å². The van der Waals surface area contributed by atoms with Gasteiger partial charge in [0.05, 0.1) is 10.2 Å². The average molecular weight is 359 g/mol.